The van der Waals surface area contributed by atoms with Crippen LogP contribution in [-0.4, -0.2) is 24.2 Å². The van der Waals surface area contributed by atoms with Crippen molar-refractivity contribution in [1.82, 2.24) is 0 Å². The van der Waals surface area contributed by atoms with Crippen LogP contribution in [0.3, 0.4) is 0 Å². The van der Waals surface area contributed by atoms with E-state index in [4.69, 9.17) is 14.6 Å². The molecule has 0 saturated heterocycles. The van der Waals surface area contributed by atoms with Crippen molar-refractivity contribution in [2.24, 2.45) is 0 Å². The first-order chi connectivity index (χ1) is 13.9. The molecule has 0 fully saturated rings. The van der Waals surface area contributed by atoms with Gasteiger partial charge in [-0.05, 0) is 67.7 Å². The lowest BCUT2D eigenvalue weighted by atomic mass is 10.0. The number of carboxylic acids is 1. The highest BCUT2D eigenvalue weighted by Gasteiger charge is 2.11. The Morgan fingerprint density at radius 2 is 1.79 bits per heavy atom. The second-order valence-corrected chi connectivity index (χ2v) is 6.81. The number of ether oxygens (including phenoxy) is 2. The quantitative estimate of drug-likeness (QED) is 0.285. The lowest BCUT2D eigenvalue weighted by Gasteiger charge is -2.11. The minimum absolute atomic E-state index is 0.225. The van der Waals surface area contributed by atoms with Crippen LogP contribution >= 0.6 is 0 Å². The lowest BCUT2D eigenvalue weighted by Crippen LogP contribution is -2.11. The van der Waals surface area contributed by atoms with Crippen molar-refractivity contribution in [2.45, 2.75) is 33.1 Å². The highest BCUT2D eigenvalue weighted by molar-refractivity contribution is 5.85. The second kappa shape index (κ2) is 10.9. The molecule has 0 saturated carbocycles. The van der Waals surface area contributed by atoms with Crippen LogP contribution in [0.4, 0.5) is 0 Å². The number of carbonyl (C=O) groups is 2. The average molecular weight is 394 g/mol. The van der Waals surface area contributed by atoms with Crippen LogP contribution in [-0.2, 0) is 22.4 Å². The van der Waals surface area contributed by atoms with E-state index in [-0.39, 0.29) is 12.4 Å². The Balaban J connectivity index is 2.13. The molecule has 2 aromatic rings. The number of esters is 1. The summed E-state index contributed by atoms with van der Waals surface area (Å²) in [5.41, 5.74) is 3.65. The molecule has 29 heavy (non-hydrogen) atoms. The van der Waals surface area contributed by atoms with Gasteiger partial charge in [0.1, 0.15) is 11.5 Å². The zero-order valence-electron chi connectivity index (χ0n) is 17.0. The first kappa shape index (κ1) is 22.0. The van der Waals surface area contributed by atoms with Crippen LogP contribution in [0.1, 0.15) is 37.0 Å². The summed E-state index contributed by atoms with van der Waals surface area (Å²) in [5, 5.41) is 8.81. The molecule has 1 N–H and O–H groups in total. The van der Waals surface area contributed by atoms with Gasteiger partial charge in [-0.1, -0.05) is 35.9 Å². The molecule has 0 heterocycles. The van der Waals surface area contributed by atoms with E-state index in [0.29, 0.717) is 18.6 Å². The van der Waals surface area contributed by atoms with Crippen molar-refractivity contribution in [3.8, 4) is 11.5 Å². The highest BCUT2D eigenvalue weighted by Crippen LogP contribution is 2.24. The van der Waals surface area contributed by atoms with Crippen LogP contribution in [0.2, 0.25) is 0 Å². The number of para-hydroxylation sites is 1. The van der Waals surface area contributed by atoms with Crippen LogP contribution in [0, 0.1) is 0 Å². The number of carboxylic acid groups (broad SMARTS) is 1. The van der Waals surface area contributed by atoms with Gasteiger partial charge in [-0.3, -0.25) is 4.79 Å². The van der Waals surface area contributed by atoms with E-state index in [1.165, 1.54) is 6.08 Å². The van der Waals surface area contributed by atoms with Gasteiger partial charge in [-0.15, -0.1) is 0 Å². The summed E-state index contributed by atoms with van der Waals surface area (Å²) in [6.07, 6.45) is 5.97. The Labute approximate surface area is 171 Å². The minimum atomic E-state index is -1.01. The Kier molecular flexibility index (Phi) is 8.22. The molecular formula is C24H26O5. The van der Waals surface area contributed by atoms with E-state index in [2.05, 4.69) is 0 Å². The number of allylic oxidation sites excluding steroid dienone is 2. The summed E-state index contributed by atoms with van der Waals surface area (Å²) in [5.74, 6) is -0.106. The van der Waals surface area contributed by atoms with E-state index in [9.17, 15) is 9.59 Å². The Morgan fingerprint density at radius 3 is 2.48 bits per heavy atom. The van der Waals surface area contributed by atoms with Crippen LogP contribution in [0.15, 0.2) is 60.2 Å². The Bertz CT molecular complexity index is 921. The molecule has 0 atom stereocenters. The molecular weight excluding hydrogens is 368 g/mol. The fourth-order valence-corrected chi connectivity index (χ4v) is 2.76. The van der Waals surface area contributed by atoms with Crippen molar-refractivity contribution in [3.63, 3.8) is 0 Å². The summed E-state index contributed by atoms with van der Waals surface area (Å²) in [7, 11) is 1.60. The molecule has 0 bridgehead atoms. The predicted molar refractivity (Wildman–Crippen MR) is 113 cm³/mol. The molecule has 0 aromatic heterocycles. The van der Waals surface area contributed by atoms with Gasteiger partial charge in [0.25, 0.3) is 0 Å². The van der Waals surface area contributed by atoms with Crippen LogP contribution < -0.4 is 9.47 Å². The van der Waals surface area contributed by atoms with Gasteiger partial charge < -0.3 is 14.6 Å². The fourth-order valence-electron chi connectivity index (χ4n) is 2.76. The van der Waals surface area contributed by atoms with Gasteiger partial charge in [-0.2, -0.15) is 0 Å². The Morgan fingerprint density at radius 1 is 1.03 bits per heavy atom. The first-order valence-electron chi connectivity index (χ1n) is 9.39. The lowest BCUT2D eigenvalue weighted by molar-refractivity contribution is -0.134. The molecule has 5 heteroatoms. The van der Waals surface area contributed by atoms with Gasteiger partial charge in [0, 0.05) is 6.08 Å². The molecule has 0 aliphatic rings. The topological polar surface area (TPSA) is 72.8 Å². The van der Waals surface area contributed by atoms with E-state index in [1.54, 1.807) is 19.2 Å². The molecule has 152 valence electrons. The zero-order chi connectivity index (χ0) is 21.2. The third kappa shape index (κ3) is 7.30. The summed E-state index contributed by atoms with van der Waals surface area (Å²) in [6.45, 7) is 3.99. The molecule has 0 aliphatic carbocycles. The molecule has 2 aromatic carbocycles. The summed E-state index contributed by atoms with van der Waals surface area (Å²) >= 11 is 0. The van der Waals surface area contributed by atoms with E-state index >= 15 is 0 Å². The number of hydrogen-bond acceptors (Lipinski definition) is 4. The van der Waals surface area contributed by atoms with Crippen LogP contribution in [0.25, 0.3) is 6.08 Å². The van der Waals surface area contributed by atoms with Crippen molar-refractivity contribution >= 4 is 18.0 Å². The van der Waals surface area contributed by atoms with Gasteiger partial charge in [0.05, 0.1) is 13.5 Å². The second-order valence-electron chi connectivity index (χ2n) is 6.81. The molecule has 0 aliphatic heterocycles. The first-order valence-corrected chi connectivity index (χ1v) is 9.39. The average Bonchev–Trinajstić information content (AvgIpc) is 2.70. The number of aliphatic carboxylic acids is 1. The van der Waals surface area contributed by atoms with Crippen molar-refractivity contribution in [2.75, 3.05) is 7.11 Å². The smallest absolute Gasteiger partial charge is 0.328 e. The van der Waals surface area contributed by atoms with Crippen molar-refractivity contribution < 1.29 is 24.2 Å². The van der Waals surface area contributed by atoms with Crippen molar-refractivity contribution in [1.29, 1.82) is 0 Å². The number of carbonyl (C=O) groups excluding carboxylic acids is 1. The minimum Gasteiger partial charge on any atom is -0.496 e. The Hall–Kier alpha value is -3.34. The summed E-state index contributed by atoms with van der Waals surface area (Å²) < 4.78 is 10.9. The predicted octanol–water partition coefficient (Wildman–Crippen LogP) is 4.84. The molecule has 0 spiro atoms. The standard InChI is InChI=1S/C24H26O5/c1-17(2)8-11-20-16-18(10-14-23(25)26)9-13-22(20)29-24(27)15-12-19-6-4-5-7-21(19)28-3/h4-10,13-14,16H,11-12,15H2,1-3H3,(H,25,26)/b14-10+. The van der Waals surface area contributed by atoms with Gasteiger partial charge in [-0.25, -0.2) is 4.79 Å². The SMILES string of the molecule is COc1ccccc1CCC(=O)Oc1ccc(/C=C/C(=O)O)cc1CC=C(C)C. The number of methoxy groups -OCH3 is 1. The van der Waals surface area contributed by atoms with E-state index in [1.807, 2.05) is 50.3 Å². The third-order valence-electron chi connectivity index (χ3n) is 4.25. The molecule has 2 rings (SSSR count). The monoisotopic (exact) mass is 394 g/mol. The molecule has 0 amide bonds. The number of rotatable bonds is 9. The molecule has 5 nitrogen and oxygen atoms in total. The normalized spacial score (nSPS) is 10.6. The largest absolute Gasteiger partial charge is 0.496 e. The zero-order valence-corrected chi connectivity index (χ0v) is 17.0. The van der Waals surface area contributed by atoms with E-state index < -0.39 is 5.97 Å². The highest BCUT2D eigenvalue weighted by atomic mass is 16.5. The fraction of sp³-hybridized carbons (Fsp3) is 0.250. The summed E-state index contributed by atoms with van der Waals surface area (Å²) in [4.78, 5) is 23.2. The molecule has 0 unspecified atom stereocenters. The maximum atomic E-state index is 12.4. The maximum Gasteiger partial charge on any atom is 0.328 e. The number of aryl methyl sites for hydroxylation is 1. The third-order valence-corrected chi connectivity index (χ3v) is 4.25. The van der Waals surface area contributed by atoms with Crippen LogP contribution in [0.5, 0.6) is 11.5 Å². The van der Waals surface area contributed by atoms with Gasteiger partial charge in [0.15, 0.2) is 0 Å². The van der Waals surface area contributed by atoms with Crippen molar-refractivity contribution in [3.05, 3.63) is 76.9 Å². The van der Waals surface area contributed by atoms with E-state index in [0.717, 1.165) is 34.1 Å². The summed E-state index contributed by atoms with van der Waals surface area (Å²) in [6, 6.07) is 12.9. The van der Waals surface area contributed by atoms with Gasteiger partial charge >= 0.3 is 11.9 Å². The molecule has 0 radical (unpaired) electrons. The maximum absolute atomic E-state index is 12.4. The number of benzene rings is 2. The van der Waals surface area contributed by atoms with Gasteiger partial charge in [0.2, 0.25) is 0 Å². The number of hydrogen-bond donors (Lipinski definition) is 1.